The van der Waals surface area contributed by atoms with Gasteiger partial charge in [-0.25, -0.2) is 0 Å². The number of rotatable bonds is 3. The summed E-state index contributed by atoms with van der Waals surface area (Å²) in [4.78, 5) is 2.56. The van der Waals surface area contributed by atoms with Crippen LogP contribution in [0.4, 0.5) is 0 Å². The number of thioether (sulfide) groups is 1. The fourth-order valence-electron chi connectivity index (χ4n) is 2.42. The zero-order valence-corrected chi connectivity index (χ0v) is 14.8. The van der Waals surface area contributed by atoms with Crippen LogP contribution in [0.5, 0.6) is 0 Å². The molecule has 0 saturated carbocycles. The average molecular weight is 346 g/mol. The summed E-state index contributed by atoms with van der Waals surface area (Å²) in [5.41, 5.74) is 2.48. The van der Waals surface area contributed by atoms with Crippen LogP contribution in [-0.4, -0.2) is 38.3 Å². The zero-order chi connectivity index (χ0) is 14.0. The molecule has 1 saturated heterocycles. The van der Waals surface area contributed by atoms with Crippen LogP contribution >= 0.6 is 27.7 Å². The van der Waals surface area contributed by atoms with E-state index in [0.29, 0.717) is 4.75 Å². The van der Waals surface area contributed by atoms with Gasteiger partial charge in [-0.2, -0.15) is 16.9 Å². The first kappa shape index (κ1) is 15.4. The number of hydrogen-bond donors (Lipinski definition) is 0. The third-order valence-electron chi connectivity index (χ3n) is 3.81. The van der Waals surface area contributed by atoms with Crippen LogP contribution in [0.3, 0.4) is 0 Å². The molecule has 2 heterocycles. The Morgan fingerprint density at radius 2 is 2.11 bits per heavy atom. The van der Waals surface area contributed by atoms with Crippen LogP contribution in [0.2, 0.25) is 0 Å². The van der Waals surface area contributed by atoms with E-state index in [4.69, 9.17) is 0 Å². The molecule has 5 heteroatoms. The highest BCUT2D eigenvalue weighted by molar-refractivity contribution is 9.10. The van der Waals surface area contributed by atoms with Gasteiger partial charge in [-0.1, -0.05) is 20.8 Å². The van der Waals surface area contributed by atoms with E-state index in [1.807, 2.05) is 4.68 Å². The van der Waals surface area contributed by atoms with Gasteiger partial charge in [0.2, 0.25) is 0 Å². The summed E-state index contributed by atoms with van der Waals surface area (Å²) in [6, 6.07) is 0. The van der Waals surface area contributed by atoms with Gasteiger partial charge in [0.1, 0.15) is 0 Å². The lowest BCUT2D eigenvalue weighted by Gasteiger charge is -2.22. The Hall–Kier alpha value is -0.000000000000000111. The normalized spacial score (nSPS) is 20.5. The molecule has 1 aliphatic rings. The molecular formula is C14H24BrN3S. The van der Waals surface area contributed by atoms with Crippen molar-refractivity contribution in [3.63, 3.8) is 0 Å². The summed E-state index contributed by atoms with van der Waals surface area (Å²) in [6.07, 6.45) is 2.24. The minimum Gasteiger partial charge on any atom is -0.297 e. The van der Waals surface area contributed by atoms with E-state index in [1.54, 1.807) is 0 Å². The molecule has 1 aliphatic heterocycles. The molecule has 3 nitrogen and oxygen atoms in total. The van der Waals surface area contributed by atoms with Crippen LogP contribution in [0, 0.1) is 0 Å². The average Bonchev–Trinajstić information content (AvgIpc) is 2.51. The molecule has 108 valence electrons. The molecule has 2 rings (SSSR count). The van der Waals surface area contributed by atoms with Crippen molar-refractivity contribution < 1.29 is 0 Å². The number of aromatic nitrogens is 2. The van der Waals surface area contributed by atoms with Gasteiger partial charge >= 0.3 is 0 Å². The van der Waals surface area contributed by atoms with Gasteiger partial charge in [-0.3, -0.25) is 9.58 Å². The monoisotopic (exact) mass is 345 g/mol. The minimum absolute atomic E-state index is 0.424. The van der Waals surface area contributed by atoms with Gasteiger partial charge in [-0.05, 0) is 35.3 Å². The SMILES string of the molecule is CCc1nn(C)c(CN2CCSC(C)(C)CC2)c1Br. The molecule has 0 amide bonds. The second-order valence-electron chi connectivity index (χ2n) is 5.82. The fraction of sp³-hybridized carbons (Fsp3) is 0.786. The molecule has 0 aromatic carbocycles. The van der Waals surface area contributed by atoms with Gasteiger partial charge < -0.3 is 0 Å². The molecule has 0 spiro atoms. The van der Waals surface area contributed by atoms with Crippen LogP contribution in [0.25, 0.3) is 0 Å². The van der Waals surface area contributed by atoms with Crippen molar-refractivity contribution in [2.45, 2.75) is 44.9 Å². The molecule has 0 radical (unpaired) electrons. The quantitative estimate of drug-likeness (QED) is 0.836. The van der Waals surface area contributed by atoms with Gasteiger partial charge in [0, 0.05) is 30.6 Å². The maximum atomic E-state index is 4.58. The second kappa shape index (κ2) is 6.19. The highest BCUT2D eigenvalue weighted by atomic mass is 79.9. The topological polar surface area (TPSA) is 21.1 Å². The first-order valence-electron chi connectivity index (χ1n) is 6.99. The first-order valence-corrected chi connectivity index (χ1v) is 8.77. The molecule has 0 unspecified atom stereocenters. The molecule has 0 bridgehead atoms. The van der Waals surface area contributed by atoms with Crippen LogP contribution in [0.15, 0.2) is 4.47 Å². The van der Waals surface area contributed by atoms with Gasteiger partial charge in [0.15, 0.2) is 0 Å². The summed E-state index contributed by atoms with van der Waals surface area (Å²) in [7, 11) is 2.05. The van der Waals surface area contributed by atoms with Crippen molar-refractivity contribution >= 4 is 27.7 Å². The Kier molecular flexibility index (Phi) is 5.01. The summed E-state index contributed by atoms with van der Waals surface area (Å²) < 4.78 is 3.66. The van der Waals surface area contributed by atoms with E-state index in [0.717, 1.165) is 13.0 Å². The third kappa shape index (κ3) is 3.76. The van der Waals surface area contributed by atoms with Crippen molar-refractivity contribution in [2.24, 2.45) is 7.05 Å². The highest BCUT2D eigenvalue weighted by Gasteiger charge is 2.24. The van der Waals surface area contributed by atoms with Gasteiger partial charge in [0.25, 0.3) is 0 Å². The van der Waals surface area contributed by atoms with E-state index in [1.165, 1.54) is 41.1 Å². The van der Waals surface area contributed by atoms with Gasteiger partial charge in [-0.15, -0.1) is 0 Å². The maximum Gasteiger partial charge on any atom is 0.0767 e. The fourth-order valence-corrected chi connectivity index (χ4v) is 4.30. The molecule has 0 aliphatic carbocycles. The lowest BCUT2D eigenvalue weighted by atomic mass is 10.1. The summed E-state index contributed by atoms with van der Waals surface area (Å²) in [5, 5.41) is 4.58. The molecule has 0 atom stereocenters. The van der Waals surface area contributed by atoms with Crippen molar-refractivity contribution in [1.29, 1.82) is 0 Å². The number of nitrogens with zero attached hydrogens (tertiary/aromatic N) is 3. The molecule has 0 N–H and O–H groups in total. The number of hydrogen-bond acceptors (Lipinski definition) is 3. The number of aryl methyl sites for hydroxylation is 2. The highest BCUT2D eigenvalue weighted by Crippen LogP contribution is 2.31. The minimum atomic E-state index is 0.424. The van der Waals surface area contributed by atoms with E-state index < -0.39 is 0 Å². The third-order valence-corrected chi connectivity index (χ3v) is 6.09. The van der Waals surface area contributed by atoms with Crippen molar-refractivity contribution in [3.8, 4) is 0 Å². The summed E-state index contributed by atoms with van der Waals surface area (Å²) in [5.74, 6) is 1.23. The lowest BCUT2D eigenvalue weighted by Crippen LogP contribution is -2.27. The van der Waals surface area contributed by atoms with Gasteiger partial charge in [0.05, 0.1) is 15.9 Å². The molecule has 1 aromatic rings. The Balaban J connectivity index is 2.07. The summed E-state index contributed by atoms with van der Waals surface area (Å²) >= 11 is 5.81. The zero-order valence-electron chi connectivity index (χ0n) is 12.4. The Morgan fingerprint density at radius 3 is 2.74 bits per heavy atom. The molecule has 19 heavy (non-hydrogen) atoms. The van der Waals surface area contributed by atoms with Crippen molar-refractivity contribution in [2.75, 3.05) is 18.8 Å². The van der Waals surface area contributed by atoms with Crippen molar-refractivity contribution in [1.82, 2.24) is 14.7 Å². The first-order chi connectivity index (χ1) is 8.93. The largest absolute Gasteiger partial charge is 0.297 e. The number of halogens is 1. The van der Waals surface area contributed by atoms with Crippen LogP contribution < -0.4 is 0 Å². The van der Waals surface area contributed by atoms with E-state index in [2.05, 4.69) is 65.5 Å². The van der Waals surface area contributed by atoms with Crippen LogP contribution in [0.1, 0.15) is 38.6 Å². The smallest absolute Gasteiger partial charge is 0.0767 e. The van der Waals surface area contributed by atoms with E-state index >= 15 is 0 Å². The Bertz CT molecular complexity index is 442. The second-order valence-corrected chi connectivity index (χ2v) is 8.41. The Labute approximate surface area is 129 Å². The van der Waals surface area contributed by atoms with E-state index in [9.17, 15) is 0 Å². The standard InChI is InChI=1S/C14H24BrN3S/c1-5-11-13(15)12(17(4)16-11)10-18-7-6-14(2,3)19-9-8-18/h5-10H2,1-4H3. The lowest BCUT2D eigenvalue weighted by molar-refractivity contribution is 0.268. The predicted molar refractivity (Wildman–Crippen MR) is 86.7 cm³/mol. The predicted octanol–water partition coefficient (Wildman–Crippen LogP) is 3.46. The van der Waals surface area contributed by atoms with Crippen LogP contribution in [-0.2, 0) is 20.0 Å². The van der Waals surface area contributed by atoms with E-state index in [-0.39, 0.29) is 0 Å². The van der Waals surface area contributed by atoms with Crippen molar-refractivity contribution in [3.05, 3.63) is 15.9 Å². The summed E-state index contributed by atoms with van der Waals surface area (Å²) in [6.45, 7) is 10.2. The molecular weight excluding hydrogens is 322 g/mol. The molecule has 1 fully saturated rings. The maximum absolute atomic E-state index is 4.58. The molecule has 1 aromatic heterocycles. The Morgan fingerprint density at radius 1 is 1.37 bits per heavy atom.